The first-order valence-corrected chi connectivity index (χ1v) is 11.1. The van der Waals surface area contributed by atoms with Crippen molar-refractivity contribution in [1.82, 2.24) is 0 Å². The highest BCUT2D eigenvalue weighted by Crippen LogP contribution is 2.40. The van der Waals surface area contributed by atoms with Crippen molar-refractivity contribution in [2.24, 2.45) is 0 Å². The summed E-state index contributed by atoms with van der Waals surface area (Å²) >= 11 is 12.3. The lowest BCUT2D eigenvalue weighted by molar-refractivity contribution is -0.141. The van der Waals surface area contributed by atoms with Crippen LogP contribution in [-0.4, -0.2) is 17.9 Å². The summed E-state index contributed by atoms with van der Waals surface area (Å²) in [7, 11) is 0. The Morgan fingerprint density at radius 3 is 2.11 bits per heavy atom. The van der Waals surface area contributed by atoms with Gasteiger partial charge in [0, 0.05) is 21.2 Å². The second kappa shape index (κ2) is 10.0. The number of benzene rings is 3. The molecule has 0 amide bonds. The molecule has 3 aromatic carbocycles. The van der Waals surface area contributed by atoms with Gasteiger partial charge in [0.25, 0.3) is 0 Å². The van der Waals surface area contributed by atoms with Crippen molar-refractivity contribution >= 4 is 41.0 Å². The number of esters is 1. The normalized spacial score (nSPS) is 14.4. The number of carbonyl (C=O) groups is 2. The molecule has 12 heteroatoms. The second-order valence-corrected chi connectivity index (χ2v) is 8.54. The highest BCUT2D eigenvalue weighted by atomic mass is 35.5. The van der Waals surface area contributed by atoms with E-state index in [0.717, 1.165) is 6.92 Å². The van der Waals surface area contributed by atoms with E-state index in [2.05, 4.69) is 0 Å². The van der Waals surface area contributed by atoms with Crippen LogP contribution in [-0.2, 0) is 4.79 Å². The minimum absolute atomic E-state index is 0.0677. The van der Waals surface area contributed by atoms with Gasteiger partial charge in [0.15, 0.2) is 17.6 Å². The van der Waals surface area contributed by atoms with Gasteiger partial charge < -0.3 is 14.2 Å². The predicted octanol–water partition coefficient (Wildman–Crippen LogP) is 6.99. The SMILES string of the molecule is Cc1c(OC(=O)C(C)Oc2c(F)c(F)c(F)c(F)c2F)ccc2c1O/C(=C\c1c(Cl)cccc1Cl)C2=O. The molecule has 0 N–H and O–H groups in total. The highest BCUT2D eigenvalue weighted by molar-refractivity contribution is 6.37. The highest BCUT2D eigenvalue weighted by Gasteiger charge is 2.33. The summed E-state index contributed by atoms with van der Waals surface area (Å²) < 4.78 is 83.3. The van der Waals surface area contributed by atoms with Crippen molar-refractivity contribution in [3.05, 3.63) is 91.9 Å². The van der Waals surface area contributed by atoms with Crippen LogP contribution in [0.2, 0.25) is 10.0 Å². The molecule has 0 saturated heterocycles. The van der Waals surface area contributed by atoms with Gasteiger partial charge in [-0.1, -0.05) is 29.3 Å². The molecular weight excluding hydrogens is 546 g/mol. The number of allylic oxidation sites excluding steroid dienone is 1. The third-order valence-electron chi connectivity index (χ3n) is 5.32. The predicted molar refractivity (Wildman–Crippen MR) is 123 cm³/mol. The number of rotatable bonds is 5. The summed E-state index contributed by atoms with van der Waals surface area (Å²) in [6.07, 6.45) is -0.431. The van der Waals surface area contributed by atoms with E-state index in [4.69, 9.17) is 37.4 Å². The molecule has 0 aliphatic carbocycles. The number of Topliss-reactive ketones (excluding diaryl/α,β-unsaturated/α-hetero) is 1. The van der Waals surface area contributed by atoms with Crippen LogP contribution in [0.1, 0.15) is 28.4 Å². The van der Waals surface area contributed by atoms with Gasteiger partial charge in [0.2, 0.25) is 34.9 Å². The van der Waals surface area contributed by atoms with E-state index in [0.29, 0.717) is 5.56 Å². The van der Waals surface area contributed by atoms with Crippen molar-refractivity contribution in [3.63, 3.8) is 0 Å². The van der Waals surface area contributed by atoms with Crippen LogP contribution >= 0.6 is 23.2 Å². The van der Waals surface area contributed by atoms with E-state index in [9.17, 15) is 31.5 Å². The first kappa shape index (κ1) is 26.4. The molecule has 0 saturated carbocycles. The summed E-state index contributed by atoms with van der Waals surface area (Å²) in [6.45, 7) is 2.45. The average Bonchev–Trinajstić information content (AvgIpc) is 3.19. The lowest BCUT2D eigenvalue weighted by Crippen LogP contribution is -2.29. The molecule has 0 aromatic heterocycles. The van der Waals surface area contributed by atoms with Crippen molar-refractivity contribution in [1.29, 1.82) is 0 Å². The summed E-state index contributed by atoms with van der Waals surface area (Å²) in [6, 6.07) is 7.36. The largest absolute Gasteiger partial charge is 0.473 e. The van der Waals surface area contributed by atoms with Crippen molar-refractivity contribution in [2.75, 3.05) is 0 Å². The lowest BCUT2D eigenvalue weighted by Gasteiger charge is -2.16. The molecular formula is C25H13Cl2F5O5. The number of carbonyl (C=O) groups excluding carboxylic acids is 2. The van der Waals surface area contributed by atoms with E-state index < -0.39 is 52.7 Å². The number of ether oxygens (including phenoxy) is 3. The van der Waals surface area contributed by atoms with E-state index >= 15 is 0 Å². The first-order chi connectivity index (χ1) is 17.4. The van der Waals surface area contributed by atoms with E-state index in [1.165, 1.54) is 25.1 Å². The van der Waals surface area contributed by atoms with E-state index in [1.807, 2.05) is 0 Å². The van der Waals surface area contributed by atoms with Gasteiger partial charge in [-0.2, -0.15) is 8.78 Å². The molecule has 37 heavy (non-hydrogen) atoms. The Bertz CT molecular complexity index is 1460. The third-order valence-corrected chi connectivity index (χ3v) is 5.98. The van der Waals surface area contributed by atoms with Crippen molar-refractivity contribution in [2.45, 2.75) is 20.0 Å². The summed E-state index contributed by atoms with van der Waals surface area (Å²) in [5, 5.41) is 0.558. The zero-order valence-electron chi connectivity index (χ0n) is 18.7. The van der Waals surface area contributed by atoms with Crippen molar-refractivity contribution in [3.8, 4) is 17.2 Å². The molecule has 3 aromatic rings. The Balaban J connectivity index is 1.56. The van der Waals surface area contributed by atoms with E-state index in [1.54, 1.807) is 18.2 Å². The zero-order chi connectivity index (χ0) is 27.2. The maximum atomic E-state index is 13.9. The van der Waals surface area contributed by atoms with Crippen LogP contribution in [0.4, 0.5) is 22.0 Å². The Morgan fingerprint density at radius 1 is 0.946 bits per heavy atom. The molecule has 1 aliphatic heterocycles. The van der Waals surface area contributed by atoms with Gasteiger partial charge >= 0.3 is 5.97 Å². The van der Waals surface area contributed by atoms with Gasteiger partial charge in [-0.3, -0.25) is 4.79 Å². The van der Waals surface area contributed by atoms with Gasteiger partial charge in [-0.15, -0.1) is 0 Å². The molecule has 5 nitrogen and oxygen atoms in total. The summed E-state index contributed by atoms with van der Waals surface area (Å²) in [4.78, 5) is 25.3. The van der Waals surface area contributed by atoms with Gasteiger partial charge in [-0.25, -0.2) is 18.0 Å². The molecule has 1 atom stereocenters. The standard InChI is InChI=1S/C25H13Cl2F5O5/c1-9-15(37-25(34)10(2)35-24-20(31)18(29)17(28)19(30)21(24)32)7-6-11-22(33)16(36-23(9)11)8-12-13(26)4-3-5-14(12)27/h3-8,10H,1-2H3/b16-8-. The fourth-order valence-electron chi connectivity index (χ4n) is 3.36. The Hall–Kier alpha value is -3.63. The quantitative estimate of drug-likeness (QED) is 0.0843. The molecule has 192 valence electrons. The lowest BCUT2D eigenvalue weighted by atomic mass is 10.1. The maximum Gasteiger partial charge on any atom is 0.352 e. The summed E-state index contributed by atoms with van der Waals surface area (Å²) in [5.74, 6) is -14.8. The molecule has 1 aliphatic rings. The van der Waals surface area contributed by atoms with Gasteiger partial charge in [0.1, 0.15) is 11.5 Å². The average molecular weight is 559 g/mol. The second-order valence-electron chi connectivity index (χ2n) is 7.72. The number of ketones is 1. The van der Waals surface area contributed by atoms with Crippen LogP contribution in [0.5, 0.6) is 17.2 Å². The van der Waals surface area contributed by atoms with Crippen molar-refractivity contribution < 1.29 is 45.8 Å². The number of hydrogen-bond acceptors (Lipinski definition) is 5. The number of halogens is 7. The molecule has 0 spiro atoms. The Kier molecular flexibility index (Phi) is 7.16. The van der Waals surface area contributed by atoms with Gasteiger partial charge in [0.05, 0.1) is 5.56 Å². The fourth-order valence-corrected chi connectivity index (χ4v) is 3.87. The van der Waals surface area contributed by atoms with Gasteiger partial charge in [-0.05, 0) is 44.2 Å². The molecule has 0 bridgehead atoms. The Morgan fingerprint density at radius 2 is 1.51 bits per heavy atom. The first-order valence-electron chi connectivity index (χ1n) is 10.3. The minimum Gasteiger partial charge on any atom is -0.473 e. The molecule has 0 fully saturated rings. The smallest absolute Gasteiger partial charge is 0.352 e. The third kappa shape index (κ3) is 4.74. The van der Waals surface area contributed by atoms with E-state index in [-0.39, 0.29) is 38.4 Å². The monoisotopic (exact) mass is 558 g/mol. The van der Waals surface area contributed by atoms with Crippen LogP contribution in [0, 0.1) is 36.0 Å². The number of hydrogen-bond donors (Lipinski definition) is 0. The molecule has 4 rings (SSSR count). The van der Waals surface area contributed by atoms with Crippen LogP contribution in [0.3, 0.4) is 0 Å². The van der Waals surface area contributed by atoms with Crippen LogP contribution in [0.25, 0.3) is 6.08 Å². The molecule has 0 radical (unpaired) electrons. The topological polar surface area (TPSA) is 61.8 Å². The summed E-state index contributed by atoms with van der Waals surface area (Å²) in [5.41, 5.74) is 0.708. The zero-order valence-corrected chi connectivity index (χ0v) is 20.2. The number of fused-ring (bicyclic) bond motifs is 1. The Labute approximate surface area is 216 Å². The molecule has 1 heterocycles. The fraction of sp³-hybridized carbons (Fsp3) is 0.120. The maximum absolute atomic E-state index is 13.9. The van der Waals surface area contributed by atoms with Crippen LogP contribution in [0.15, 0.2) is 36.1 Å². The van der Waals surface area contributed by atoms with Crippen LogP contribution < -0.4 is 14.2 Å². The minimum atomic E-state index is -2.37. The molecule has 1 unspecified atom stereocenters.